The average molecular weight is 162 g/mol. The second-order valence-electron chi connectivity index (χ2n) is 5.01. The van der Waals surface area contributed by atoms with Crippen molar-refractivity contribution in [1.82, 2.24) is 0 Å². The maximum Gasteiger partial charge on any atom is -0.0199 e. The smallest absolute Gasteiger partial charge is 0.0199 e. The molecule has 2 fully saturated rings. The second kappa shape index (κ2) is 2.61. The van der Waals surface area contributed by atoms with Crippen molar-refractivity contribution >= 4 is 0 Å². The Hall–Kier alpha value is -0.260. The fourth-order valence-corrected chi connectivity index (χ4v) is 3.77. The number of allylic oxidation sites excluding steroid dienone is 2. The summed E-state index contributed by atoms with van der Waals surface area (Å²) in [6.45, 7) is 0. The summed E-state index contributed by atoms with van der Waals surface area (Å²) in [5.41, 5.74) is 0. The van der Waals surface area contributed by atoms with E-state index in [9.17, 15) is 0 Å². The highest BCUT2D eigenvalue weighted by Crippen LogP contribution is 2.49. The van der Waals surface area contributed by atoms with Gasteiger partial charge in [0, 0.05) is 0 Å². The summed E-state index contributed by atoms with van der Waals surface area (Å²) in [5.74, 6) is 4.30. The molecule has 2 saturated carbocycles. The van der Waals surface area contributed by atoms with Gasteiger partial charge in [-0.05, 0) is 42.9 Å². The van der Waals surface area contributed by atoms with Crippen LogP contribution in [-0.2, 0) is 0 Å². The van der Waals surface area contributed by atoms with Crippen molar-refractivity contribution in [3.63, 3.8) is 0 Å². The molecule has 0 aromatic carbocycles. The monoisotopic (exact) mass is 162 g/mol. The van der Waals surface area contributed by atoms with Gasteiger partial charge in [-0.3, -0.25) is 0 Å². The van der Waals surface area contributed by atoms with Gasteiger partial charge in [-0.25, -0.2) is 0 Å². The van der Waals surface area contributed by atoms with E-state index in [-0.39, 0.29) is 0 Å². The van der Waals surface area contributed by atoms with E-state index in [1.807, 2.05) is 0 Å². The molecule has 0 radical (unpaired) electrons. The summed E-state index contributed by atoms with van der Waals surface area (Å²) in [6.07, 6.45) is 14.0. The van der Waals surface area contributed by atoms with Crippen LogP contribution in [0.25, 0.3) is 0 Å². The number of rotatable bonds is 0. The molecule has 0 nitrogen and oxygen atoms in total. The number of fused-ring (bicyclic) bond motifs is 2. The lowest BCUT2D eigenvalue weighted by Crippen LogP contribution is -2.25. The van der Waals surface area contributed by atoms with E-state index in [0.29, 0.717) is 0 Å². The normalized spacial score (nSPS) is 50.7. The van der Waals surface area contributed by atoms with E-state index in [4.69, 9.17) is 0 Å². The Morgan fingerprint density at radius 2 is 1.75 bits per heavy atom. The molecule has 0 N–H and O–H groups in total. The lowest BCUT2D eigenvalue weighted by atomic mass is 9.71. The van der Waals surface area contributed by atoms with E-state index in [1.165, 1.54) is 19.3 Å². The van der Waals surface area contributed by atoms with Crippen LogP contribution >= 0.6 is 0 Å². The molecule has 66 valence electrons. The molecule has 12 heavy (non-hydrogen) atoms. The first-order valence-electron chi connectivity index (χ1n) is 5.60. The van der Waals surface area contributed by atoms with Crippen LogP contribution in [0.5, 0.6) is 0 Å². The Bertz CT molecular complexity index is 204. The Balaban J connectivity index is 1.78. The minimum Gasteiger partial charge on any atom is -0.0880 e. The van der Waals surface area contributed by atoms with E-state index >= 15 is 0 Å². The minimum absolute atomic E-state index is 0.990. The maximum absolute atomic E-state index is 2.50. The van der Waals surface area contributed by atoms with Crippen LogP contribution in [0.1, 0.15) is 38.5 Å². The van der Waals surface area contributed by atoms with E-state index < -0.39 is 0 Å². The molecular weight excluding hydrogens is 144 g/mol. The zero-order valence-electron chi connectivity index (χ0n) is 7.71. The van der Waals surface area contributed by atoms with Crippen LogP contribution in [0, 0.1) is 23.7 Å². The molecule has 0 spiro atoms. The molecule has 3 aliphatic rings. The summed E-state index contributed by atoms with van der Waals surface area (Å²) in [6, 6.07) is 0. The lowest BCUT2D eigenvalue weighted by Gasteiger charge is -2.34. The molecule has 3 rings (SSSR count). The fraction of sp³-hybridized carbons (Fsp3) is 0.833. The molecule has 4 unspecified atom stereocenters. The van der Waals surface area contributed by atoms with E-state index in [2.05, 4.69) is 12.2 Å². The first kappa shape index (κ1) is 7.17. The van der Waals surface area contributed by atoms with Gasteiger partial charge in [-0.15, -0.1) is 0 Å². The summed E-state index contributed by atoms with van der Waals surface area (Å²) >= 11 is 0. The Morgan fingerprint density at radius 3 is 2.67 bits per heavy atom. The predicted octanol–water partition coefficient (Wildman–Crippen LogP) is 3.39. The van der Waals surface area contributed by atoms with Gasteiger partial charge in [0.25, 0.3) is 0 Å². The van der Waals surface area contributed by atoms with E-state index in [1.54, 1.807) is 19.3 Å². The van der Waals surface area contributed by atoms with Gasteiger partial charge in [0.15, 0.2) is 0 Å². The average Bonchev–Trinajstić information content (AvgIpc) is 2.64. The molecule has 0 bridgehead atoms. The minimum atomic E-state index is 0.990. The highest BCUT2D eigenvalue weighted by atomic mass is 14.4. The maximum atomic E-state index is 2.50. The van der Waals surface area contributed by atoms with Crippen molar-refractivity contribution in [2.24, 2.45) is 23.7 Å². The predicted molar refractivity (Wildman–Crippen MR) is 50.8 cm³/mol. The largest absolute Gasteiger partial charge is 0.0880 e. The third kappa shape index (κ3) is 0.967. The molecule has 0 aliphatic heterocycles. The molecule has 4 atom stereocenters. The Morgan fingerprint density at radius 1 is 0.917 bits per heavy atom. The third-order valence-electron chi connectivity index (χ3n) is 4.42. The number of hydrogen-bond donors (Lipinski definition) is 0. The lowest BCUT2D eigenvalue weighted by molar-refractivity contribution is 0.173. The van der Waals surface area contributed by atoms with Gasteiger partial charge in [-0.1, -0.05) is 31.4 Å². The van der Waals surface area contributed by atoms with Crippen LogP contribution in [-0.4, -0.2) is 0 Å². The van der Waals surface area contributed by atoms with Gasteiger partial charge >= 0.3 is 0 Å². The summed E-state index contributed by atoms with van der Waals surface area (Å²) < 4.78 is 0. The summed E-state index contributed by atoms with van der Waals surface area (Å²) in [4.78, 5) is 0. The second-order valence-corrected chi connectivity index (χ2v) is 5.01. The zero-order valence-corrected chi connectivity index (χ0v) is 7.71. The summed E-state index contributed by atoms with van der Waals surface area (Å²) in [5, 5.41) is 0. The van der Waals surface area contributed by atoms with Gasteiger partial charge in [0.05, 0.1) is 0 Å². The van der Waals surface area contributed by atoms with Crippen molar-refractivity contribution in [2.45, 2.75) is 38.5 Å². The fourth-order valence-electron chi connectivity index (χ4n) is 3.77. The van der Waals surface area contributed by atoms with Crippen LogP contribution in [0.4, 0.5) is 0 Å². The molecule has 3 aliphatic carbocycles. The van der Waals surface area contributed by atoms with Crippen LogP contribution < -0.4 is 0 Å². The zero-order chi connectivity index (χ0) is 7.97. The SMILES string of the molecule is C1=CC2CC3CCCC3CC2C1. The molecule has 0 heterocycles. The highest BCUT2D eigenvalue weighted by Gasteiger charge is 2.39. The van der Waals surface area contributed by atoms with Gasteiger partial charge in [-0.2, -0.15) is 0 Å². The first-order valence-corrected chi connectivity index (χ1v) is 5.60. The first-order chi connectivity index (χ1) is 5.93. The van der Waals surface area contributed by atoms with Crippen molar-refractivity contribution in [3.05, 3.63) is 12.2 Å². The van der Waals surface area contributed by atoms with Crippen LogP contribution in [0.15, 0.2) is 12.2 Å². The van der Waals surface area contributed by atoms with Crippen LogP contribution in [0.3, 0.4) is 0 Å². The third-order valence-corrected chi connectivity index (χ3v) is 4.42. The molecule has 0 saturated heterocycles. The Kier molecular flexibility index (Phi) is 1.56. The standard InChI is InChI=1S/C12H18/c1-3-9-7-11-5-2-6-12(11)8-10(9)4-1/h1,3,9-12H,2,4-8H2. The number of hydrogen-bond acceptors (Lipinski definition) is 0. The van der Waals surface area contributed by atoms with Gasteiger partial charge < -0.3 is 0 Å². The molecule has 0 aromatic rings. The van der Waals surface area contributed by atoms with Gasteiger partial charge in [0.2, 0.25) is 0 Å². The molecular formula is C12H18. The van der Waals surface area contributed by atoms with Crippen molar-refractivity contribution in [3.8, 4) is 0 Å². The quantitative estimate of drug-likeness (QED) is 0.479. The molecule has 0 amide bonds. The van der Waals surface area contributed by atoms with Crippen molar-refractivity contribution in [1.29, 1.82) is 0 Å². The van der Waals surface area contributed by atoms with Crippen molar-refractivity contribution < 1.29 is 0 Å². The van der Waals surface area contributed by atoms with Crippen molar-refractivity contribution in [2.75, 3.05) is 0 Å². The molecule has 0 aromatic heterocycles. The Labute approximate surface area is 75.0 Å². The highest BCUT2D eigenvalue weighted by molar-refractivity contribution is 5.05. The van der Waals surface area contributed by atoms with Crippen LogP contribution in [0.2, 0.25) is 0 Å². The molecule has 0 heteroatoms. The topological polar surface area (TPSA) is 0 Å². The van der Waals surface area contributed by atoms with Gasteiger partial charge in [0.1, 0.15) is 0 Å². The summed E-state index contributed by atoms with van der Waals surface area (Å²) in [7, 11) is 0. The van der Waals surface area contributed by atoms with E-state index in [0.717, 1.165) is 23.7 Å².